The molecule has 2 aromatic carbocycles. The predicted molar refractivity (Wildman–Crippen MR) is 121 cm³/mol. The number of nitrogens with two attached hydrogens (primary N) is 1. The first-order chi connectivity index (χ1) is 16.2. The van der Waals surface area contributed by atoms with Gasteiger partial charge in [-0.2, -0.15) is 0 Å². The lowest BCUT2D eigenvalue weighted by atomic mass is 9.82. The Morgan fingerprint density at radius 1 is 1.03 bits per heavy atom. The van der Waals surface area contributed by atoms with Crippen LogP contribution in [0.2, 0.25) is 0 Å². The summed E-state index contributed by atoms with van der Waals surface area (Å²) in [6.45, 7) is 0.00432. The summed E-state index contributed by atoms with van der Waals surface area (Å²) in [5, 5.41) is 0. The SMILES string of the molecule is N[C@H](Cc1cc(F)c(F)cc1F)C1C[C@H]2CC[C@@H](C1)N2C(=O)CCNS(=O)(=O)c1ccccc1. The summed E-state index contributed by atoms with van der Waals surface area (Å²) >= 11 is 0. The average Bonchev–Trinajstić information content (AvgIpc) is 3.07. The number of rotatable bonds is 8. The molecule has 0 radical (unpaired) electrons. The summed E-state index contributed by atoms with van der Waals surface area (Å²) in [6, 6.07) is 8.89. The largest absolute Gasteiger partial charge is 0.337 e. The smallest absolute Gasteiger partial charge is 0.240 e. The van der Waals surface area contributed by atoms with Crippen LogP contribution in [0.3, 0.4) is 0 Å². The zero-order valence-electron chi connectivity index (χ0n) is 18.6. The zero-order chi connectivity index (χ0) is 24.5. The van der Waals surface area contributed by atoms with Crippen molar-refractivity contribution in [3.63, 3.8) is 0 Å². The number of nitrogens with one attached hydrogen (secondary N) is 1. The molecule has 0 spiro atoms. The predicted octanol–water partition coefficient (Wildman–Crippen LogP) is 3.11. The van der Waals surface area contributed by atoms with Gasteiger partial charge >= 0.3 is 0 Å². The van der Waals surface area contributed by atoms with Gasteiger partial charge in [0.05, 0.1) is 4.90 Å². The quantitative estimate of drug-likeness (QED) is 0.551. The Bertz CT molecular complexity index is 1130. The minimum Gasteiger partial charge on any atom is -0.337 e. The van der Waals surface area contributed by atoms with E-state index in [1.807, 2.05) is 4.90 Å². The van der Waals surface area contributed by atoms with E-state index in [0.717, 1.165) is 18.9 Å². The first-order valence-corrected chi connectivity index (χ1v) is 12.9. The van der Waals surface area contributed by atoms with Crippen LogP contribution in [0, 0.1) is 23.4 Å². The van der Waals surface area contributed by atoms with Gasteiger partial charge in [0.15, 0.2) is 11.6 Å². The van der Waals surface area contributed by atoms with Gasteiger partial charge in [-0.05, 0) is 61.8 Å². The molecule has 184 valence electrons. The van der Waals surface area contributed by atoms with Gasteiger partial charge < -0.3 is 10.6 Å². The van der Waals surface area contributed by atoms with E-state index in [4.69, 9.17) is 5.73 Å². The molecule has 10 heteroatoms. The molecule has 2 aromatic rings. The van der Waals surface area contributed by atoms with Gasteiger partial charge in [-0.3, -0.25) is 4.79 Å². The van der Waals surface area contributed by atoms with Crippen molar-refractivity contribution in [3.05, 3.63) is 65.5 Å². The van der Waals surface area contributed by atoms with Crippen molar-refractivity contribution in [1.82, 2.24) is 9.62 Å². The van der Waals surface area contributed by atoms with Gasteiger partial charge in [0.1, 0.15) is 5.82 Å². The van der Waals surface area contributed by atoms with Crippen molar-refractivity contribution >= 4 is 15.9 Å². The molecule has 2 heterocycles. The van der Waals surface area contributed by atoms with Crippen molar-refractivity contribution in [2.75, 3.05) is 6.54 Å². The number of amides is 1. The molecule has 0 aromatic heterocycles. The Hall–Kier alpha value is -2.43. The number of hydrogen-bond acceptors (Lipinski definition) is 4. The fourth-order valence-corrected chi connectivity index (χ4v) is 6.27. The maximum atomic E-state index is 14.0. The van der Waals surface area contributed by atoms with Gasteiger partial charge in [0, 0.05) is 37.2 Å². The van der Waals surface area contributed by atoms with E-state index in [0.29, 0.717) is 18.9 Å². The van der Waals surface area contributed by atoms with Crippen molar-refractivity contribution in [2.45, 2.75) is 61.5 Å². The molecule has 1 unspecified atom stereocenters. The lowest BCUT2D eigenvalue weighted by Crippen LogP contribution is -2.50. The van der Waals surface area contributed by atoms with Gasteiger partial charge in [-0.1, -0.05) is 18.2 Å². The summed E-state index contributed by atoms with van der Waals surface area (Å²) in [7, 11) is -3.68. The third-order valence-electron chi connectivity index (χ3n) is 6.89. The van der Waals surface area contributed by atoms with Crippen molar-refractivity contribution in [3.8, 4) is 0 Å². The van der Waals surface area contributed by atoms with E-state index in [2.05, 4.69) is 4.72 Å². The number of sulfonamides is 1. The Kier molecular flexibility index (Phi) is 7.30. The zero-order valence-corrected chi connectivity index (χ0v) is 19.4. The van der Waals surface area contributed by atoms with Crippen molar-refractivity contribution in [2.24, 2.45) is 11.7 Å². The van der Waals surface area contributed by atoms with Crippen LogP contribution in [-0.2, 0) is 21.2 Å². The second-order valence-corrected chi connectivity index (χ2v) is 10.9. The second-order valence-electron chi connectivity index (χ2n) is 9.10. The van der Waals surface area contributed by atoms with Crippen LogP contribution in [-0.4, -0.2) is 43.9 Å². The fraction of sp³-hybridized carbons (Fsp3) is 0.458. The number of carbonyl (C=O) groups is 1. The molecule has 6 nitrogen and oxygen atoms in total. The van der Waals surface area contributed by atoms with E-state index in [-0.39, 0.29) is 53.8 Å². The number of hydrogen-bond donors (Lipinski definition) is 2. The first-order valence-electron chi connectivity index (χ1n) is 11.4. The molecule has 4 rings (SSSR count). The maximum absolute atomic E-state index is 14.0. The highest BCUT2D eigenvalue weighted by molar-refractivity contribution is 7.89. The van der Waals surface area contributed by atoms with Crippen LogP contribution < -0.4 is 10.5 Å². The van der Waals surface area contributed by atoms with Gasteiger partial charge in [0.25, 0.3) is 0 Å². The van der Waals surface area contributed by atoms with Crippen LogP contribution in [0.1, 0.15) is 37.7 Å². The molecular formula is C24H28F3N3O3S. The van der Waals surface area contributed by atoms with Gasteiger partial charge in [-0.15, -0.1) is 0 Å². The Morgan fingerprint density at radius 3 is 2.29 bits per heavy atom. The summed E-state index contributed by atoms with van der Waals surface area (Å²) in [6.07, 6.45) is 3.08. The molecule has 3 N–H and O–H groups in total. The highest BCUT2D eigenvalue weighted by Gasteiger charge is 2.44. The van der Waals surface area contributed by atoms with Gasteiger partial charge in [-0.25, -0.2) is 26.3 Å². The van der Waals surface area contributed by atoms with E-state index in [1.54, 1.807) is 18.2 Å². The van der Waals surface area contributed by atoms with E-state index in [1.165, 1.54) is 12.1 Å². The Labute approximate surface area is 197 Å². The number of fused-ring (bicyclic) bond motifs is 2. The standard InChI is InChI=1S/C24H28F3N3O3S/c25-20-14-22(27)21(26)12-15(20)13-23(28)16-10-17-6-7-18(11-16)30(17)24(31)8-9-29-34(32,33)19-4-2-1-3-5-19/h1-5,12,14,16-18,23,29H,6-11,13,28H2/t16?,17-,18+,23-/m1/s1. The monoisotopic (exact) mass is 495 g/mol. The van der Waals surface area contributed by atoms with Crippen LogP contribution in [0.15, 0.2) is 47.4 Å². The minimum atomic E-state index is -3.68. The van der Waals surface area contributed by atoms with Crippen LogP contribution in [0.5, 0.6) is 0 Å². The molecule has 2 saturated heterocycles. The maximum Gasteiger partial charge on any atom is 0.240 e. The molecular weight excluding hydrogens is 467 g/mol. The molecule has 2 bridgehead atoms. The fourth-order valence-electron chi connectivity index (χ4n) is 5.22. The van der Waals surface area contributed by atoms with E-state index in [9.17, 15) is 26.4 Å². The normalized spacial score (nSPS) is 23.2. The van der Waals surface area contributed by atoms with Crippen molar-refractivity contribution < 1.29 is 26.4 Å². The molecule has 34 heavy (non-hydrogen) atoms. The number of nitrogens with zero attached hydrogens (tertiary/aromatic N) is 1. The molecule has 2 aliphatic heterocycles. The molecule has 0 aliphatic carbocycles. The number of benzene rings is 2. The Balaban J connectivity index is 1.32. The third-order valence-corrected chi connectivity index (χ3v) is 8.37. The topological polar surface area (TPSA) is 92.5 Å². The van der Waals surface area contributed by atoms with Crippen LogP contribution in [0.25, 0.3) is 0 Å². The molecule has 2 aliphatic rings. The first kappa shape index (κ1) is 24.7. The summed E-state index contributed by atoms with van der Waals surface area (Å²) in [4.78, 5) is 14.9. The number of piperidine rings is 1. The minimum absolute atomic E-state index is 0.00432. The van der Waals surface area contributed by atoms with Crippen LogP contribution in [0.4, 0.5) is 13.2 Å². The van der Waals surface area contributed by atoms with E-state index < -0.39 is 33.5 Å². The number of carbonyl (C=O) groups excluding carboxylic acids is 1. The lowest BCUT2D eigenvalue weighted by Gasteiger charge is -2.41. The third kappa shape index (κ3) is 5.29. The molecule has 4 atom stereocenters. The van der Waals surface area contributed by atoms with Crippen molar-refractivity contribution in [1.29, 1.82) is 0 Å². The highest BCUT2D eigenvalue weighted by Crippen LogP contribution is 2.40. The molecule has 1 amide bonds. The molecule has 2 fully saturated rings. The van der Waals surface area contributed by atoms with Gasteiger partial charge in [0.2, 0.25) is 15.9 Å². The lowest BCUT2D eigenvalue weighted by molar-refractivity contribution is -0.136. The summed E-state index contributed by atoms with van der Waals surface area (Å²) in [5.74, 6) is -3.24. The van der Waals surface area contributed by atoms with E-state index >= 15 is 0 Å². The summed E-state index contributed by atoms with van der Waals surface area (Å²) in [5.41, 5.74) is 6.38. The average molecular weight is 496 g/mol. The molecule has 0 saturated carbocycles. The second kappa shape index (κ2) is 10.1. The van der Waals surface area contributed by atoms with Crippen LogP contribution >= 0.6 is 0 Å². The number of halogens is 3. The highest BCUT2D eigenvalue weighted by atomic mass is 32.2. The Morgan fingerprint density at radius 2 is 1.65 bits per heavy atom. The summed E-state index contributed by atoms with van der Waals surface area (Å²) < 4.78 is 67.9.